The highest BCUT2D eigenvalue weighted by Gasteiger charge is 2.23. The van der Waals surface area contributed by atoms with Crippen LogP contribution in [0.2, 0.25) is 0 Å². The number of nitrogens with two attached hydrogens (primary N) is 1. The molecule has 0 aliphatic carbocycles. The van der Waals surface area contributed by atoms with E-state index in [4.69, 9.17) is 10.6 Å². The number of amides is 2. The van der Waals surface area contributed by atoms with Gasteiger partial charge in [-0.25, -0.2) is 9.31 Å². The molecule has 1 aliphatic rings. The number of allylic oxidation sites excluding steroid dienone is 2. The van der Waals surface area contributed by atoms with Crippen LogP contribution in [-0.4, -0.2) is 25.7 Å². The fraction of sp³-hybridized carbons (Fsp3) is 0.0417. The Hall–Kier alpha value is -4.59. The number of hydroxylamine groups is 2. The third-order valence-corrected chi connectivity index (χ3v) is 5.13. The predicted octanol–water partition coefficient (Wildman–Crippen LogP) is 4.62. The Balaban J connectivity index is 1.43. The summed E-state index contributed by atoms with van der Waals surface area (Å²) >= 11 is 0. The molecule has 3 heterocycles. The van der Waals surface area contributed by atoms with Gasteiger partial charge in [-0.05, 0) is 48.4 Å². The summed E-state index contributed by atoms with van der Waals surface area (Å²) in [5.41, 5.74) is 11.3. The number of hydrogen-bond donors (Lipinski definition) is 2. The van der Waals surface area contributed by atoms with Gasteiger partial charge in [0.05, 0.1) is 5.70 Å². The number of anilines is 2. The van der Waals surface area contributed by atoms with Gasteiger partial charge in [-0.3, -0.25) is 0 Å². The number of carbonyl (C=O) groups is 1. The predicted molar refractivity (Wildman–Crippen MR) is 123 cm³/mol. The standard InChI is InChI=1S/C24H20N6O2/c1-16-9-10-18(19-11-12-22-27-23(25)28-29(22)15-19)14-20(16)26-24(31)30-21(8-5-13-32-30)17-6-3-2-4-7-17/h2-15H,1H3,(H2,25,28)(H,26,31). The molecule has 5 rings (SSSR count). The Morgan fingerprint density at radius 3 is 2.69 bits per heavy atom. The van der Waals surface area contributed by atoms with Crippen LogP contribution in [0, 0.1) is 6.92 Å². The lowest BCUT2D eigenvalue weighted by Crippen LogP contribution is -2.33. The Morgan fingerprint density at radius 1 is 1.03 bits per heavy atom. The maximum Gasteiger partial charge on any atom is 0.359 e. The number of aryl methyl sites for hydroxylation is 1. The van der Waals surface area contributed by atoms with E-state index in [0.717, 1.165) is 22.3 Å². The molecule has 0 radical (unpaired) electrons. The Labute approximate surface area is 184 Å². The van der Waals surface area contributed by atoms with Gasteiger partial charge >= 0.3 is 6.03 Å². The monoisotopic (exact) mass is 424 g/mol. The molecular formula is C24H20N6O2. The number of fused-ring (bicyclic) bond motifs is 1. The summed E-state index contributed by atoms with van der Waals surface area (Å²) in [5, 5.41) is 8.37. The molecule has 1 aliphatic heterocycles. The third-order valence-electron chi connectivity index (χ3n) is 5.13. The molecule has 2 aromatic heterocycles. The molecule has 4 aromatic rings. The summed E-state index contributed by atoms with van der Waals surface area (Å²) in [7, 11) is 0. The van der Waals surface area contributed by atoms with Crippen molar-refractivity contribution in [3.8, 4) is 11.1 Å². The topological polar surface area (TPSA) is 97.8 Å². The van der Waals surface area contributed by atoms with Gasteiger partial charge in [0.1, 0.15) is 6.26 Å². The highest BCUT2D eigenvalue weighted by Crippen LogP contribution is 2.28. The molecule has 2 aromatic carbocycles. The van der Waals surface area contributed by atoms with E-state index in [-0.39, 0.29) is 5.95 Å². The average Bonchev–Trinajstić information content (AvgIpc) is 3.20. The summed E-state index contributed by atoms with van der Waals surface area (Å²) < 4.78 is 1.63. The van der Waals surface area contributed by atoms with E-state index < -0.39 is 6.03 Å². The van der Waals surface area contributed by atoms with Crippen LogP contribution in [0.3, 0.4) is 0 Å². The number of urea groups is 1. The van der Waals surface area contributed by atoms with Gasteiger partial charge < -0.3 is 15.9 Å². The first-order chi connectivity index (χ1) is 15.6. The van der Waals surface area contributed by atoms with Crippen LogP contribution in [0.4, 0.5) is 16.4 Å². The number of carbonyl (C=O) groups excluding carboxylic acids is 1. The minimum absolute atomic E-state index is 0.219. The number of nitrogens with zero attached hydrogens (tertiary/aromatic N) is 4. The van der Waals surface area contributed by atoms with Crippen molar-refractivity contribution < 1.29 is 9.63 Å². The Morgan fingerprint density at radius 2 is 1.84 bits per heavy atom. The SMILES string of the molecule is Cc1ccc(-c2ccc3nc(N)nn3c2)cc1NC(=O)N1OC=CC=C1c1ccccc1. The lowest BCUT2D eigenvalue weighted by atomic mass is 10.0. The summed E-state index contributed by atoms with van der Waals surface area (Å²) in [6, 6.07) is 18.8. The van der Waals surface area contributed by atoms with Crippen LogP contribution in [0.15, 0.2) is 85.3 Å². The van der Waals surface area contributed by atoms with Crippen LogP contribution < -0.4 is 11.1 Å². The lowest BCUT2D eigenvalue weighted by Gasteiger charge is -2.26. The molecule has 0 fully saturated rings. The molecule has 0 bridgehead atoms. The van der Waals surface area contributed by atoms with Gasteiger partial charge in [0.15, 0.2) is 5.65 Å². The first-order valence-corrected chi connectivity index (χ1v) is 10.0. The summed E-state index contributed by atoms with van der Waals surface area (Å²) in [4.78, 5) is 22.8. The van der Waals surface area contributed by atoms with E-state index in [2.05, 4.69) is 15.4 Å². The number of benzene rings is 2. The molecule has 8 heteroatoms. The van der Waals surface area contributed by atoms with Gasteiger partial charge in [-0.15, -0.1) is 10.2 Å². The summed E-state index contributed by atoms with van der Waals surface area (Å²) in [6.45, 7) is 1.94. The number of nitrogens with one attached hydrogen (secondary N) is 1. The van der Waals surface area contributed by atoms with Crippen molar-refractivity contribution in [3.63, 3.8) is 0 Å². The first-order valence-electron chi connectivity index (χ1n) is 10.0. The van der Waals surface area contributed by atoms with Crippen molar-refractivity contribution in [1.29, 1.82) is 0 Å². The van der Waals surface area contributed by atoms with Crippen LogP contribution >= 0.6 is 0 Å². The molecule has 0 spiro atoms. The molecule has 0 atom stereocenters. The van der Waals surface area contributed by atoms with Crippen LogP contribution in [0.25, 0.3) is 22.5 Å². The Kier molecular flexibility index (Phi) is 4.79. The molecule has 32 heavy (non-hydrogen) atoms. The quantitative estimate of drug-likeness (QED) is 0.500. The van der Waals surface area contributed by atoms with E-state index in [1.807, 2.05) is 79.9 Å². The van der Waals surface area contributed by atoms with Crippen molar-refractivity contribution in [2.24, 2.45) is 0 Å². The molecule has 0 saturated carbocycles. The zero-order chi connectivity index (χ0) is 22.1. The van der Waals surface area contributed by atoms with Crippen LogP contribution in [0.1, 0.15) is 11.1 Å². The van der Waals surface area contributed by atoms with Crippen molar-refractivity contribution >= 4 is 29.0 Å². The molecule has 3 N–H and O–H groups in total. The molecule has 0 unspecified atom stereocenters. The third kappa shape index (κ3) is 3.65. The fourth-order valence-electron chi connectivity index (χ4n) is 3.50. The molecule has 0 saturated heterocycles. The second-order valence-electron chi connectivity index (χ2n) is 7.30. The van der Waals surface area contributed by atoms with E-state index >= 15 is 0 Å². The molecule has 2 amide bonds. The number of aromatic nitrogens is 3. The van der Waals surface area contributed by atoms with E-state index in [1.54, 1.807) is 10.6 Å². The van der Waals surface area contributed by atoms with Gasteiger partial charge in [0.2, 0.25) is 5.95 Å². The zero-order valence-electron chi connectivity index (χ0n) is 17.3. The highest BCUT2D eigenvalue weighted by molar-refractivity contribution is 5.96. The van der Waals surface area contributed by atoms with Gasteiger partial charge in [-0.1, -0.05) is 42.5 Å². The minimum atomic E-state index is -0.399. The van der Waals surface area contributed by atoms with Crippen molar-refractivity contribution in [1.82, 2.24) is 19.7 Å². The number of rotatable bonds is 3. The normalized spacial score (nSPS) is 13.0. The van der Waals surface area contributed by atoms with Gasteiger partial charge in [0.25, 0.3) is 0 Å². The van der Waals surface area contributed by atoms with Crippen molar-refractivity contribution in [2.45, 2.75) is 6.92 Å². The van der Waals surface area contributed by atoms with Gasteiger partial charge in [-0.2, -0.15) is 4.98 Å². The minimum Gasteiger partial charge on any atom is -0.378 e. The van der Waals surface area contributed by atoms with E-state index in [1.165, 1.54) is 11.3 Å². The second kappa shape index (κ2) is 7.92. The fourth-order valence-corrected chi connectivity index (χ4v) is 3.50. The van der Waals surface area contributed by atoms with E-state index in [9.17, 15) is 4.79 Å². The van der Waals surface area contributed by atoms with Crippen molar-refractivity contribution in [2.75, 3.05) is 11.1 Å². The van der Waals surface area contributed by atoms with Crippen molar-refractivity contribution in [3.05, 3.63) is 96.4 Å². The highest BCUT2D eigenvalue weighted by atomic mass is 16.7. The summed E-state index contributed by atoms with van der Waals surface area (Å²) in [5.74, 6) is 0.219. The number of pyridine rings is 1. The van der Waals surface area contributed by atoms with Crippen LogP contribution in [0.5, 0.6) is 0 Å². The summed E-state index contributed by atoms with van der Waals surface area (Å²) in [6.07, 6.45) is 6.91. The second-order valence-corrected chi connectivity index (χ2v) is 7.30. The smallest absolute Gasteiger partial charge is 0.359 e. The largest absolute Gasteiger partial charge is 0.378 e. The molecule has 158 valence electrons. The Bertz CT molecular complexity index is 1370. The lowest BCUT2D eigenvalue weighted by molar-refractivity contribution is 0.000728. The number of hydrogen-bond acceptors (Lipinski definition) is 5. The van der Waals surface area contributed by atoms with E-state index in [0.29, 0.717) is 17.0 Å². The average molecular weight is 424 g/mol. The first kappa shape index (κ1) is 19.4. The molecule has 8 nitrogen and oxygen atoms in total. The maximum atomic E-state index is 13.1. The van der Waals surface area contributed by atoms with Crippen LogP contribution in [-0.2, 0) is 4.84 Å². The molecular weight excluding hydrogens is 404 g/mol. The number of nitrogen functional groups attached to an aromatic ring is 1. The maximum absolute atomic E-state index is 13.1. The zero-order valence-corrected chi connectivity index (χ0v) is 17.3. The van der Waals surface area contributed by atoms with Gasteiger partial charge in [0, 0.05) is 23.0 Å².